The molecule has 3 aromatic rings. The molecule has 40 heavy (non-hydrogen) atoms. The topological polar surface area (TPSA) is 156 Å². The molecule has 0 bridgehead atoms. The van der Waals surface area contributed by atoms with Gasteiger partial charge < -0.3 is 27.2 Å². The lowest BCUT2D eigenvalue weighted by molar-refractivity contribution is -0.119. The number of hydrogen-bond donors (Lipinski definition) is 5. The number of anilines is 1. The Morgan fingerprint density at radius 3 is 2.38 bits per heavy atom. The molecule has 0 aliphatic rings. The summed E-state index contributed by atoms with van der Waals surface area (Å²) < 4.78 is 0. The standard InChI is InChI=1S/C30H38N6O3S/c1-30(2,39)20-23-12-8-11-22(17-23)19-27(38)34-29-36-35-28(40-29)14-7-6-13-24(31)15-16-25(32)33-26(37)18-21-9-4-3-5-10-21/h3-5,8-12,15-17,39H,6-7,13-14,18-20,31-32H2,1-2H3,(H,33,37)(H,34,36,38)/b24-15-,25-16+. The summed E-state index contributed by atoms with van der Waals surface area (Å²) in [6.45, 7) is 3.52. The molecule has 7 N–H and O–H groups in total. The van der Waals surface area contributed by atoms with Crippen molar-refractivity contribution in [3.8, 4) is 0 Å². The van der Waals surface area contributed by atoms with Gasteiger partial charge in [0.1, 0.15) is 10.8 Å². The van der Waals surface area contributed by atoms with Gasteiger partial charge in [-0.25, -0.2) is 0 Å². The van der Waals surface area contributed by atoms with E-state index in [1.165, 1.54) is 11.3 Å². The number of aryl methyl sites for hydroxylation is 1. The number of carbonyl (C=O) groups is 2. The van der Waals surface area contributed by atoms with E-state index >= 15 is 0 Å². The first-order chi connectivity index (χ1) is 19.1. The van der Waals surface area contributed by atoms with Crippen molar-refractivity contribution >= 4 is 28.3 Å². The lowest BCUT2D eigenvalue weighted by Gasteiger charge is -2.17. The highest BCUT2D eigenvalue weighted by molar-refractivity contribution is 7.15. The lowest BCUT2D eigenvalue weighted by atomic mass is 9.97. The Hall–Kier alpha value is -4.02. The molecule has 0 spiro atoms. The zero-order valence-corrected chi connectivity index (χ0v) is 23.8. The van der Waals surface area contributed by atoms with Crippen LogP contribution in [0.5, 0.6) is 0 Å². The van der Waals surface area contributed by atoms with E-state index in [-0.39, 0.29) is 30.5 Å². The summed E-state index contributed by atoms with van der Waals surface area (Å²) in [5.41, 5.74) is 14.6. The number of nitrogens with zero attached hydrogens (tertiary/aromatic N) is 2. The van der Waals surface area contributed by atoms with Crippen molar-refractivity contribution in [1.29, 1.82) is 0 Å². The van der Waals surface area contributed by atoms with Crippen LogP contribution in [0.15, 0.2) is 78.3 Å². The quantitative estimate of drug-likeness (QED) is 0.148. The van der Waals surface area contributed by atoms with Gasteiger partial charge in [0.05, 0.1) is 18.4 Å². The maximum absolute atomic E-state index is 12.5. The zero-order chi connectivity index (χ0) is 29.0. The number of aromatic nitrogens is 2. The predicted molar refractivity (Wildman–Crippen MR) is 159 cm³/mol. The summed E-state index contributed by atoms with van der Waals surface area (Å²) in [5, 5.41) is 25.1. The molecule has 0 saturated carbocycles. The van der Waals surface area contributed by atoms with Crippen LogP contribution in [0.25, 0.3) is 0 Å². The molecule has 1 aromatic heterocycles. The van der Waals surface area contributed by atoms with E-state index in [1.807, 2.05) is 54.6 Å². The van der Waals surface area contributed by atoms with E-state index in [2.05, 4.69) is 20.8 Å². The Balaban J connectivity index is 1.36. The van der Waals surface area contributed by atoms with Crippen LogP contribution < -0.4 is 22.1 Å². The fourth-order valence-corrected chi connectivity index (χ4v) is 4.81. The Bertz CT molecular complexity index is 1330. The molecule has 0 aliphatic heterocycles. The number of allylic oxidation sites excluding steroid dienone is 3. The number of rotatable bonds is 14. The first-order valence-corrected chi connectivity index (χ1v) is 14.1. The van der Waals surface area contributed by atoms with Gasteiger partial charge in [-0.2, -0.15) is 0 Å². The SMILES string of the molecule is CC(C)(O)Cc1cccc(CC(=O)Nc2nnc(CCCC/C(N)=C/C=C(\N)NC(=O)Cc3ccccc3)s2)c1. The van der Waals surface area contributed by atoms with E-state index < -0.39 is 5.60 Å². The highest BCUT2D eigenvalue weighted by atomic mass is 32.1. The molecule has 0 aliphatic carbocycles. The van der Waals surface area contributed by atoms with Crippen molar-refractivity contribution in [3.63, 3.8) is 0 Å². The molecular formula is C30H38N6O3S. The summed E-state index contributed by atoms with van der Waals surface area (Å²) >= 11 is 1.36. The van der Waals surface area contributed by atoms with E-state index in [0.717, 1.165) is 41.0 Å². The van der Waals surface area contributed by atoms with Crippen LogP contribution in [-0.2, 0) is 35.3 Å². The molecule has 0 unspecified atom stereocenters. The Kier molecular flexibility index (Phi) is 11.4. The normalized spacial score (nSPS) is 12.3. The number of carbonyl (C=O) groups excluding carboxylic acids is 2. The number of benzene rings is 2. The summed E-state index contributed by atoms with van der Waals surface area (Å²) in [6, 6.07) is 17.1. The van der Waals surface area contributed by atoms with E-state index in [9.17, 15) is 14.7 Å². The molecule has 3 rings (SSSR count). The zero-order valence-electron chi connectivity index (χ0n) is 23.0. The molecule has 2 amide bonds. The van der Waals surface area contributed by atoms with Gasteiger partial charge in [-0.3, -0.25) is 9.59 Å². The second-order valence-corrected chi connectivity index (χ2v) is 11.4. The van der Waals surface area contributed by atoms with Gasteiger partial charge in [0, 0.05) is 18.5 Å². The molecule has 0 radical (unpaired) electrons. The van der Waals surface area contributed by atoms with Crippen LogP contribution in [0.3, 0.4) is 0 Å². The van der Waals surface area contributed by atoms with Crippen LogP contribution >= 0.6 is 11.3 Å². The third kappa shape index (κ3) is 11.8. The van der Waals surface area contributed by atoms with Gasteiger partial charge in [0.25, 0.3) is 0 Å². The van der Waals surface area contributed by atoms with Gasteiger partial charge >= 0.3 is 0 Å². The first kappa shape index (κ1) is 30.5. The predicted octanol–water partition coefficient (Wildman–Crippen LogP) is 3.75. The van der Waals surface area contributed by atoms with Crippen LogP contribution in [0.4, 0.5) is 5.13 Å². The minimum absolute atomic E-state index is 0.162. The number of unbranched alkanes of at least 4 members (excludes halogenated alkanes) is 1. The second kappa shape index (κ2) is 14.9. The summed E-state index contributed by atoms with van der Waals surface area (Å²) in [5.74, 6) is -0.102. The number of aliphatic hydroxyl groups is 1. The average molecular weight is 563 g/mol. The molecule has 1 heterocycles. The highest BCUT2D eigenvalue weighted by Crippen LogP contribution is 2.19. The fraction of sp³-hybridized carbons (Fsp3) is 0.333. The highest BCUT2D eigenvalue weighted by Gasteiger charge is 2.14. The third-order valence-corrected chi connectivity index (χ3v) is 6.68. The van der Waals surface area contributed by atoms with Crippen molar-refractivity contribution in [2.45, 2.75) is 64.4 Å². The van der Waals surface area contributed by atoms with Gasteiger partial charge in [-0.15, -0.1) is 10.2 Å². The Morgan fingerprint density at radius 1 is 0.925 bits per heavy atom. The van der Waals surface area contributed by atoms with Gasteiger partial charge in [-0.05, 0) is 62.0 Å². The van der Waals surface area contributed by atoms with Gasteiger partial charge in [0.15, 0.2) is 0 Å². The number of nitrogens with one attached hydrogen (secondary N) is 2. The molecular weight excluding hydrogens is 524 g/mol. The van der Waals surface area contributed by atoms with E-state index in [4.69, 9.17) is 11.5 Å². The number of hydrogen-bond acceptors (Lipinski definition) is 8. The summed E-state index contributed by atoms with van der Waals surface area (Å²) in [6.07, 6.45) is 7.40. The number of amides is 2. The maximum Gasteiger partial charge on any atom is 0.230 e. The minimum Gasteiger partial charge on any atom is -0.402 e. The van der Waals surface area contributed by atoms with Crippen molar-refractivity contribution < 1.29 is 14.7 Å². The average Bonchev–Trinajstić information content (AvgIpc) is 3.32. The molecule has 0 saturated heterocycles. The molecule has 9 nitrogen and oxygen atoms in total. The number of nitrogens with two attached hydrogens (primary N) is 2. The van der Waals surface area contributed by atoms with E-state index in [1.54, 1.807) is 26.0 Å². The van der Waals surface area contributed by atoms with Crippen molar-refractivity contribution in [3.05, 3.63) is 100.0 Å². The minimum atomic E-state index is -0.807. The Labute approximate surface area is 239 Å². The molecule has 212 valence electrons. The largest absolute Gasteiger partial charge is 0.402 e. The second-order valence-electron chi connectivity index (χ2n) is 10.3. The van der Waals surface area contributed by atoms with Crippen molar-refractivity contribution in [2.24, 2.45) is 11.5 Å². The Morgan fingerprint density at radius 2 is 1.62 bits per heavy atom. The molecule has 2 aromatic carbocycles. The third-order valence-electron chi connectivity index (χ3n) is 5.78. The van der Waals surface area contributed by atoms with Gasteiger partial charge in [-0.1, -0.05) is 65.9 Å². The first-order valence-electron chi connectivity index (χ1n) is 13.2. The molecule has 0 atom stereocenters. The summed E-state index contributed by atoms with van der Waals surface area (Å²) in [4.78, 5) is 24.6. The molecule has 0 fully saturated rings. The van der Waals surface area contributed by atoms with Crippen LogP contribution in [0.2, 0.25) is 0 Å². The fourth-order valence-electron chi connectivity index (χ4n) is 4.02. The van der Waals surface area contributed by atoms with Gasteiger partial charge in [0.2, 0.25) is 16.9 Å². The van der Waals surface area contributed by atoms with Crippen LogP contribution in [0.1, 0.15) is 54.8 Å². The van der Waals surface area contributed by atoms with Crippen molar-refractivity contribution in [2.75, 3.05) is 5.32 Å². The van der Waals surface area contributed by atoms with E-state index in [0.29, 0.717) is 23.7 Å². The van der Waals surface area contributed by atoms with Crippen molar-refractivity contribution in [1.82, 2.24) is 15.5 Å². The lowest BCUT2D eigenvalue weighted by Crippen LogP contribution is -2.28. The monoisotopic (exact) mass is 562 g/mol. The smallest absolute Gasteiger partial charge is 0.230 e. The van der Waals surface area contributed by atoms with Crippen LogP contribution in [-0.4, -0.2) is 32.7 Å². The summed E-state index contributed by atoms with van der Waals surface area (Å²) in [7, 11) is 0. The molecule has 10 heteroatoms. The van der Waals surface area contributed by atoms with Crippen LogP contribution in [0, 0.1) is 0 Å². The maximum atomic E-state index is 12.5.